The number of hydrogen-bond donors (Lipinski definition) is 0. The normalized spacial score (nSPS) is 10.8. The van der Waals surface area contributed by atoms with Crippen LogP contribution in [0.1, 0.15) is 0 Å². The van der Waals surface area contributed by atoms with Gasteiger partial charge in [-0.05, 0) is 17.7 Å². The summed E-state index contributed by atoms with van der Waals surface area (Å²) in [5, 5.41) is 11.1. The van der Waals surface area contributed by atoms with E-state index >= 15 is 0 Å². The molecule has 2 aromatic heterocycles. The first-order valence-corrected chi connectivity index (χ1v) is 6.21. The molecular formula is C15H11FN2O3. The number of nitrogens with zero attached hydrogens (tertiary/aromatic N) is 2. The van der Waals surface area contributed by atoms with Crippen LogP contribution in [-0.4, -0.2) is 4.74 Å². The average Bonchev–Trinajstić information content (AvgIpc) is 2.75. The van der Waals surface area contributed by atoms with Crippen LogP contribution >= 0.6 is 0 Å². The maximum atomic E-state index is 13.0. The smallest absolute Gasteiger partial charge is 0.365 e. The zero-order chi connectivity index (χ0) is 15.0. The Kier molecular flexibility index (Phi) is 3.06. The minimum Gasteiger partial charge on any atom is -0.619 e. The summed E-state index contributed by atoms with van der Waals surface area (Å²) in [4.78, 5) is 12.0. The first-order valence-electron chi connectivity index (χ1n) is 6.21. The van der Waals surface area contributed by atoms with Crippen LogP contribution in [0.4, 0.5) is 4.39 Å². The van der Waals surface area contributed by atoms with Gasteiger partial charge in [0.15, 0.2) is 12.4 Å². The summed E-state index contributed by atoms with van der Waals surface area (Å²) in [5.74, 6) is -0.382. The zero-order valence-electron chi connectivity index (χ0n) is 11.1. The van der Waals surface area contributed by atoms with Gasteiger partial charge in [0.05, 0.1) is 11.3 Å². The Morgan fingerprint density at radius 3 is 2.33 bits per heavy atom. The summed E-state index contributed by atoms with van der Waals surface area (Å²) in [6, 6.07) is 8.77. The number of benzene rings is 1. The van der Waals surface area contributed by atoms with Gasteiger partial charge in [-0.1, -0.05) is 12.1 Å². The molecule has 0 bridgehead atoms. The molecule has 3 aromatic rings. The maximum absolute atomic E-state index is 13.0. The SMILES string of the molecule is Cn1oc(=O)c(-c2ccc(F)cc2)c1-c1cc[n+]([O-])cc1. The number of aryl methyl sites for hydroxylation is 1. The highest BCUT2D eigenvalue weighted by atomic mass is 19.1. The predicted molar refractivity (Wildman–Crippen MR) is 73.7 cm³/mol. The Bertz CT molecular complexity index is 833. The third-order valence-electron chi connectivity index (χ3n) is 3.18. The molecule has 106 valence electrons. The second kappa shape index (κ2) is 4.90. The van der Waals surface area contributed by atoms with Crippen molar-refractivity contribution in [1.29, 1.82) is 0 Å². The van der Waals surface area contributed by atoms with Crippen molar-refractivity contribution in [3.05, 3.63) is 70.2 Å². The number of rotatable bonds is 2. The zero-order valence-corrected chi connectivity index (χ0v) is 11.1. The summed E-state index contributed by atoms with van der Waals surface area (Å²) in [5.41, 5.74) is 1.57. The topological polar surface area (TPSA) is 62.1 Å². The summed E-state index contributed by atoms with van der Waals surface area (Å²) >= 11 is 0. The van der Waals surface area contributed by atoms with E-state index in [9.17, 15) is 14.4 Å². The molecule has 0 atom stereocenters. The van der Waals surface area contributed by atoms with Crippen LogP contribution in [0.15, 0.2) is 58.1 Å². The standard InChI is InChI=1S/C15H11FN2O3/c1-17-14(11-6-8-18(20)9-7-11)13(15(19)21-17)10-2-4-12(16)5-3-10/h2-9H,1H3. The van der Waals surface area contributed by atoms with Crippen molar-refractivity contribution >= 4 is 0 Å². The molecule has 0 fully saturated rings. The Morgan fingerprint density at radius 1 is 1.10 bits per heavy atom. The Balaban J connectivity index is 2.24. The van der Waals surface area contributed by atoms with Crippen LogP contribution in [0.25, 0.3) is 22.4 Å². The van der Waals surface area contributed by atoms with Crippen LogP contribution < -0.4 is 10.4 Å². The summed E-state index contributed by atoms with van der Waals surface area (Å²) in [7, 11) is 1.60. The van der Waals surface area contributed by atoms with E-state index in [1.54, 1.807) is 19.2 Å². The van der Waals surface area contributed by atoms with E-state index in [2.05, 4.69) is 0 Å². The highest BCUT2D eigenvalue weighted by Crippen LogP contribution is 2.29. The fraction of sp³-hybridized carbons (Fsp3) is 0.0667. The lowest BCUT2D eigenvalue weighted by molar-refractivity contribution is -0.605. The summed E-state index contributed by atoms with van der Waals surface area (Å²) in [6.45, 7) is 0. The van der Waals surface area contributed by atoms with Crippen molar-refractivity contribution in [2.24, 2.45) is 7.05 Å². The van der Waals surface area contributed by atoms with Crippen molar-refractivity contribution in [3.63, 3.8) is 0 Å². The van der Waals surface area contributed by atoms with Crippen LogP contribution in [0.2, 0.25) is 0 Å². The van der Waals surface area contributed by atoms with Gasteiger partial charge < -0.3 is 9.73 Å². The van der Waals surface area contributed by atoms with Crippen LogP contribution in [-0.2, 0) is 7.05 Å². The molecule has 0 N–H and O–H groups in total. The quantitative estimate of drug-likeness (QED) is 0.535. The number of pyridine rings is 1. The van der Waals surface area contributed by atoms with Gasteiger partial charge in [-0.15, -0.1) is 0 Å². The van der Waals surface area contributed by atoms with Crippen molar-refractivity contribution in [2.45, 2.75) is 0 Å². The second-order valence-corrected chi connectivity index (χ2v) is 4.55. The van der Waals surface area contributed by atoms with E-state index in [4.69, 9.17) is 4.52 Å². The molecule has 0 saturated carbocycles. The number of aromatic nitrogens is 2. The predicted octanol–water partition coefficient (Wildman–Crippen LogP) is 2.08. The van der Waals surface area contributed by atoms with Crippen LogP contribution in [0, 0.1) is 11.0 Å². The van der Waals surface area contributed by atoms with E-state index in [-0.39, 0.29) is 5.82 Å². The first kappa shape index (κ1) is 13.1. The maximum Gasteiger partial charge on any atom is 0.365 e. The molecule has 0 aliphatic heterocycles. The molecule has 0 aliphatic rings. The minimum absolute atomic E-state index is 0.334. The molecule has 0 radical (unpaired) electrons. The Morgan fingerprint density at radius 2 is 1.71 bits per heavy atom. The highest BCUT2D eigenvalue weighted by molar-refractivity contribution is 5.79. The van der Waals surface area contributed by atoms with Gasteiger partial charge in [-0.3, -0.25) is 0 Å². The van der Waals surface area contributed by atoms with Gasteiger partial charge in [0.1, 0.15) is 5.82 Å². The van der Waals surface area contributed by atoms with Gasteiger partial charge in [0, 0.05) is 24.7 Å². The van der Waals surface area contributed by atoms with E-state index in [0.29, 0.717) is 27.1 Å². The lowest BCUT2D eigenvalue weighted by atomic mass is 10.0. The first-order chi connectivity index (χ1) is 10.1. The van der Waals surface area contributed by atoms with Gasteiger partial charge in [-0.2, -0.15) is 4.73 Å². The van der Waals surface area contributed by atoms with Crippen LogP contribution in [0.3, 0.4) is 0 Å². The summed E-state index contributed by atoms with van der Waals surface area (Å²) in [6.07, 6.45) is 2.67. The average molecular weight is 286 g/mol. The second-order valence-electron chi connectivity index (χ2n) is 4.55. The summed E-state index contributed by atoms with van der Waals surface area (Å²) < 4.78 is 20.1. The van der Waals surface area contributed by atoms with E-state index in [0.717, 1.165) is 0 Å². The number of hydrogen-bond acceptors (Lipinski definition) is 3. The molecule has 0 saturated heterocycles. The molecule has 0 spiro atoms. The minimum atomic E-state index is -0.516. The van der Waals surface area contributed by atoms with E-state index < -0.39 is 5.63 Å². The van der Waals surface area contributed by atoms with Crippen molar-refractivity contribution in [2.75, 3.05) is 0 Å². The largest absolute Gasteiger partial charge is 0.619 e. The molecule has 0 aliphatic carbocycles. The Hall–Kier alpha value is -2.89. The molecule has 6 heteroatoms. The van der Waals surface area contributed by atoms with Gasteiger partial charge in [0.2, 0.25) is 0 Å². The Labute approximate surface area is 119 Å². The van der Waals surface area contributed by atoms with Crippen LogP contribution in [0.5, 0.6) is 0 Å². The molecule has 21 heavy (non-hydrogen) atoms. The molecule has 0 unspecified atom stereocenters. The highest BCUT2D eigenvalue weighted by Gasteiger charge is 2.19. The monoisotopic (exact) mass is 286 g/mol. The molecule has 1 aromatic carbocycles. The van der Waals surface area contributed by atoms with Crippen molar-refractivity contribution in [3.8, 4) is 22.4 Å². The van der Waals surface area contributed by atoms with Gasteiger partial charge in [0.25, 0.3) is 0 Å². The van der Waals surface area contributed by atoms with Crippen molar-refractivity contribution < 1.29 is 13.6 Å². The molecule has 5 nitrogen and oxygen atoms in total. The number of halogens is 1. The molecular weight excluding hydrogens is 275 g/mol. The third-order valence-corrected chi connectivity index (χ3v) is 3.18. The lowest BCUT2D eigenvalue weighted by Crippen LogP contribution is -2.23. The lowest BCUT2D eigenvalue weighted by Gasteiger charge is -2.04. The molecule has 3 rings (SSSR count). The third kappa shape index (κ3) is 2.31. The molecule has 0 amide bonds. The van der Waals surface area contributed by atoms with Gasteiger partial charge in [-0.25, -0.2) is 13.9 Å². The molecule has 2 heterocycles. The fourth-order valence-electron chi connectivity index (χ4n) is 2.24. The van der Waals surface area contributed by atoms with Gasteiger partial charge >= 0.3 is 5.63 Å². The van der Waals surface area contributed by atoms with Crippen molar-refractivity contribution in [1.82, 2.24) is 4.74 Å². The van der Waals surface area contributed by atoms with E-state index in [1.807, 2.05) is 0 Å². The fourth-order valence-corrected chi connectivity index (χ4v) is 2.24. The van der Waals surface area contributed by atoms with E-state index in [1.165, 1.54) is 41.4 Å².